The molecule has 34 heavy (non-hydrogen) atoms. The fraction of sp³-hybridized carbons (Fsp3) is 0.368. The molecule has 0 aliphatic carbocycles. The van der Waals surface area contributed by atoms with Crippen molar-refractivity contribution in [2.45, 2.75) is 20.3 Å². The van der Waals surface area contributed by atoms with Crippen LogP contribution < -0.4 is 5.32 Å². The molecule has 0 saturated carbocycles. The van der Waals surface area contributed by atoms with E-state index in [1.54, 1.807) is 18.2 Å². The molecule has 0 aromatic heterocycles. The molecule has 2 aromatic rings. The van der Waals surface area contributed by atoms with Gasteiger partial charge in [-0.2, -0.15) is 0 Å². The molecule has 184 valence electrons. The van der Waals surface area contributed by atoms with Gasteiger partial charge in [0.25, 0.3) is 17.1 Å². The van der Waals surface area contributed by atoms with Crippen LogP contribution in [0.1, 0.15) is 20.3 Å². The summed E-state index contributed by atoms with van der Waals surface area (Å²) in [6.45, 7) is 8.13. The number of hydrogen-bond acceptors (Lipinski definition) is 11. The maximum absolute atomic E-state index is 10.8. The first-order chi connectivity index (χ1) is 16.0. The highest BCUT2D eigenvalue weighted by Gasteiger charge is 2.30. The molecule has 0 radical (unpaired) electrons. The van der Waals surface area contributed by atoms with Crippen molar-refractivity contribution in [2.24, 2.45) is 0 Å². The van der Waals surface area contributed by atoms with Gasteiger partial charge in [0.1, 0.15) is 5.69 Å². The number of nitro benzene ring substituents is 4. The highest BCUT2D eigenvalue weighted by atomic mass is 16.6. The van der Waals surface area contributed by atoms with E-state index in [-0.39, 0.29) is 10.6 Å². The number of para-hydroxylation sites is 2. The molecule has 0 unspecified atom stereocenters. The van der Waals surface area contributed by atoms with E-state index in [1.165, 1.54) is 6.07 Å². The van der Waals surface area contributed by atoms with E-state index in [9.17, 15) is 40.5 Å². The Hall–Kier alpha value is -4.40. The van der Waals surface area contributed by atoms with Gasteiger partial charge < -0.3 is 15.3 Å². The van der Waals surface area contributed by atoms with Crippen molar-refractivity contribution in [1.82, 2.24) is 4.90 Å². The van der Waals surface area contributed by atoms with Crippen LogP contribution in [0.3, 0.4) is 0 Å². The highest BCUT2D eigenvalue weighted by molar-refractivity contribution is 5.64. The molecule has 0 atom stereocenters. The number of nitro groups is 4. The zero-order valence-corrected chi connectivity index (χ0v) is 18.4. The van der Waals surface area contributed by atoms with Crippen LogP contribution in [-0.4, -0.2) is 55.9 Å². The summed E-state index contributed by atoms with van der Waals surface area (Å²) in [5.41, 5.74) is -2.26. The third kappa shape index (κ3) is 7.94. The number of anilines is 1. The molecule has 2 rings (SSSR count). The standard InChI is InChI=1S/C13H21N3O2.C6H3N3O7/c1-3-15(4-2)11-7-10-14-12-8-5-6-9-13(12)16(17)18;10-6-4(8(13)14)1-3(7(11)12)2-5(6)9(15)16/h5-6,8-9,14H,3-4,7,10-11H2,1-2H3;1-2,10H. The van der Waals surface area contributed by atoms with Crippen molar-refractivity contribution in [1.29, 1.82) is 0 Å². The molecule has 0 fully saturated rings. The number of phenols is 1. The van der Waals surface area contributed by atoms with E-state index in [1.807, 2.05) is 0 Å². The van der Waals surface area contributed by atoms with E-state index in [0.717, 1.165) is 32.6 Å². The molecule has 15 nitrogen and oxygen atoms in total. The second-order valence-corrected chi connectivity index (χ2v) is 6.69. The van der Waals surface area contributed by atoms with E-state index in [4.69, 9.17) is 5.11 Å². The molecule has 0 aliphatic rings. The van der Waals surface area contributed by atoms with Gasteiger partial charge in [0.05, 0.1) is 31.8 Å². The summed E-state index contributed by atoms with van der Waals surface area (Å²) in [4.78, 5) is 40.6. The molecule has 0 spiro atoms. The number of rotatable bonds is 11. The van der Waals surface area contributed by atoms with E-state index >= 15 is 0 Å². The van der Waals surface area contributed by atoms with Crippen LogP contribution in [0.5, 0.6) is 5.75 Å². The van der Waals surface area contributed by atoms with Crippen molar-refractivity contribution >= 4 is 28.4 Å². The van der Waals surface area contributed by atoms with Crippen LogP contribution in [-0.2, 0) is 0 Å². The summed E-state index contributed by atoms with van der Waals surface area (Å²) >= 11 is 0. The Labute approximate surface area is 193 Å². The molecule has 0 aliphatic heterocycles. The molecule has 0 heterocycles. The number of nitrogens with zero attached hydrogens (tertiary/aromatic N) is 5. The molecule has 0 saturated heterocycles. The molecule has 0 bridgehead atoms. The Morgan fingerprint density at radius 3 is 1.76 bits per heavy atom. The van der Waals surface area contributed by atoms with Crippen LogP contribution in [0.15, 0.2) is 36.4 Å². The molecule has 15 heteroatoms. The minimum absolute atomic E-state index is 0.139. The predicted octanol–water partition coefficient (Wildman–Crippen LogP) is 3.86. The average Bonchev–Trinajstić information content (AvgIpc) is 2.79. The van der Waals surface area contributed by atoms with E-state index in [0.29, 0.717) is 17.8 Å². The van der Waals surface area contributed by atoms with Crippen LogP contribution in [0, 0.1) is 40.5 Å². The first kappa shape index (κ1) is 27.6. The number of nitrogens with one attached hydrogen (secondary N) is 1. The Balaban J connectivity index is 0.000000342. The fourth-order valence-corrected chi connectivity index (χ4v) is 2.82. The minimum Gasteiger partial charge on any atom is -0.497 e. The first-order valence-corrected chi connectivity index (χ1v) is 10.0. The zero-order valence-electron chi connectivity index (χ0n) is 18.4. The fourth-order valence-electron chi connectivity index (χ4n) is 2.82. The lowest BCUT2D eigenvalue weighted by Crippen LogP contribution is -2.25. The van der Waals surface area contributed by atoms with Crippen molar-refractivity contribution in [2.75, 3.05) is 31.5 Å². The number of non-ortho nitro benzene ring substituents is 1. The third-order valence-corrected chi connectivity index (χ3v) is 4.62. The van der Waals surface area contributed by atoms with Crippen LogP contribution in [0.2, 0.25) is 0 Å². The normalized spacial score (nSPS) is 10.2. The van der Waals surface area contributed by atoms with Crippen LogP contribution in [0.4, 0.5) is 28.4 Å². The van der Waals surface area contributed by atoms with Gasteiger partial charge in [-0.1, -0.05) is 26.0 Å². The van der Waals surface area contributed by atoms with Gasteiger partial charge in [0.2, 0.25) is 0 Å². The van der Waals surface area contributed by atoms with Gasteiger partial charge >= 0.3 is 11.4 Å². The topological polar surface area (TPSA) is 208 Å². The van der Waals surface area contributed by atoms with Crippen LogP contribution in [0.25, 0.3) is 0 Å². The van der Waals surface area contributed by atoms with Gasteiger partial charge in [-0.15, -0.1) is 0 Å². The highest BCUT2D eigenvalue weighted by Crippen LogP contribution is 2.38. The summed E-state index contributed by atoms with van der Waals surface area (Å²) in [5.74, 6) is -1.21. The third-order valence-electron chi connectivity index (χ3n) is 4.62. The van der Waals surface area contributed by atoms with Gasteiger partial charge in [-0.25, -0.2) is 0 Å². The molecule has 2 N–H and O–H groups in total. The number of phenolic OH excluding ortho intramolecular Hbond substituents is 1. The Kier molecular flexibility index (Phi) is 10.7. The minimum atomic E-state index is -1.21. The monoisotopic (exact) mass is 480 g/mol. The number of hydrogen-bond donors (Lipinski definition) is 2. The second kappa shape index (κ2) is 13.2. The maximum Gasteiger partial charge on any atom is 0.324 e. The zero-order chi connectivity index (χ0) is 25.8. The van der Waals surface area contributed by atoms with E-state index in [2.05, 4.69) is 24.1 Å². The van der Waals surface area contributed by atoms with E-state index < -0.39 is 37.6 Å². The van der Waals surface area contributed by atoms with Crippen molar-refractivity contribution in [3.63, 3.8) is 0 Å². The summed E-state index contributed by atoms with van der Waals surface area (Å²) in [7, 11) is 0. The van der Waals surface area contributed by atoms with Crippen molar-refractivity contribution in [3.8, 4) is 5.75 Å². The number of aromatic hydroxyl groups is 1. The summed E-state index contributed by atoms with van der Waals surface area (Å²) < 4.78 is 0. The largest absolute Gasteiger partial charge is 0.497 e. The summed E-state index contributed by atoms with van der Waals surface area (Å²) in [6.07, 6.45) is 0.980. The van der Waals surface area contributed by atoms with Crippen LogP contribution >= 0.6 is 0 Å². The second-order valence-electron chi connectivity index (χ2n) is 6.69. The first-order valence-electron chi connectivity index (χ1n) is 10.0. The van der Waals surface area contributed by atoms with Gasteiger partial charge in [0, 0.05) is 12.6 Å². The number of benzene rings is 2. The summed E-state index contributed by atoms with van der Waals surface area (Å²) in [5, 5.41) is 54.2. The SMILES string of the molecule is CCN(CC)CCCNc1ccccc1[N+](=O)[O-].O=[N+]([O-])c1cc([N+](=O)[O-])c(O)c([N+](=O)[O-])c1. The maximum atomic E-state index is 10.8. The lowest BCUT2D eigenvalue weighted by Gasteiger charge is -2.17. The van der Waals surface area contributed by atoms with Gasteiger partial charge in [-0.3, -0.25) is 40.5 Å². The lowest BCUT2D eigenvalue weighted by atomic mass is 10.2. The molecule has 2 aromatic carbocycles. The average molecular weight is 480 g/mol. The van der Waals surface area contributed by atoms with Crippen molar-refractivity contribution in [3.05, 3.63) is 76.9 Å². The molecule has 0 amide bonds. The van der Waals surface area contributed by atoms with Gasteiger partial charge in [0.15, 0.2) is 0 Å². The lowest BCUT2D eigenvalue weighted by molar-refractivity contribution is -0.404. The smallest absolute Gasteiger partial charge is 0.324 e. The summed E-state index contributed by atoms with van der Waals surface area (Å²) in [6, 6.07) is 7.64. The Morgan fingerprint density at radius 1 is 0.824 bits per heavy atom. The molecular weight excluding hydrogens is 456 g/mol. The predicted molar refractivity (Wildman–Crippen MR) is 122 cm³/mol. The molecular formula is C19H24N6O9. The quantitative estimate of drug-likeness (QED) is 0.268. The van der Waals surface area contributed by atoms with Gasteiger partial charge in [-0.05, 0) is 32.1 Å². The Bertz CT molecular complexity index is 1010. The van der Waals surface area contributed by atoms with Crippen molar-refractivity contribution < 1.29 is 24.8 Å². The Morgan fingerprint density at radius 2 is 1.32 bits per heavy atom.